The number of piperazine rings is 1. The van der Waals surface area contributed by atoms with Gasteiger partial charge in [0.05, 0.1) is 25.3 Å². The molecule has 8 nitrogen and oxygen atoms in total. The average molecular weight is 460 g/mol. The normalized spacial score (nSPS) is 29.4. The summed E-state index contributed by atoms with van der Waals surface area (Å²) in [7, 11) is 0. The van der Waals surface area contributed by atoms with Gasteiger partial charge in [-0.25, -0.2) is 4.79 Å². The molecule has 8 heteroatoms. The molecule has 1 spiro atoms. The summed E-state index contributed by atoms with van der Waals surface area (Å²) in [4.78, 5) is 19.3. The van der Waals surface area contributed by atoms with Gasteiger partial charge in [-0.3, -0.25) is 9.58 Å². The van der Waals surface area contributed by atoms with E-state index in [0.717, 1.165) is 58.1 Å². The summed E-state index contributed by atoms with van der Waals surface area (Å²) in [6.45, 7) is 20.3. The van der Waals surface area contributed by atoms with E-state index in [9.17, 15) is 4.79 Å². The summed E-state index contributed by atoms with van der Waals surface area (Å²) in [5, 5.41) is 5.11. The zero-order valence-electron chi connectivity index (χ0n) is 21.4. The lowest BCUT2D eigenvalue weighted by Crippen LogP contribution is -2.67. The third kappa shape index (κ3) is 4.14. The number of carbonyl (C=O) groups is 1. The zero-order chi connectivity index (χ0) is 23.8. The number of hydrogen-bond acceptors (Lipinski definition) is 6. The van der Waals surface area contributed by atoms with Crippen LogP contribution in [0.25, 0.3) is 0 Å². The number of rotatable bonds is 3. The SMILES string of the molecule is Cc1cc(N2C[C@H](C)N(C3COC3)CC2(C)C)nn1C1CC2(C1)CN(C(=O)OC(C)(C)C)C2. The van der Waals surface area contributed by atoms with E-state index < -0.39 is 5.60 Å². The Labute approximate surface area is 198 Å². The van der Waals surface area contributed by atoms with E-state index in [1.54, 1.807) is 0 Å². The molecule has 0 unspecified atom stereocenters. The number of amides is 1. The molecule has 1 aromatic heterocycles. The van der Waals surface area contributed by atoms with Crippen molar-refractivity contribution in [1.29, 1.82) is 0 Å². The lowest BCUT2D eigenvalue weighted by Gasteiger charge is -2.58. The molecule has 4 aliphatic rings. The summed E-state index contributed by atoms with van der Waals surface area (Å²) in [5.41, 5.74) is 1.07. The Balaban J connectivity index is 1.21. The van der Waals surface area contributed by atoms with Crippen LogP contribution >= 0.6 is 0 Å². The lowest BCUT2D eigenvalue weighted by atomic mass is 9.61. The minimum atomic E-state index is -0.438. The highest BCUT2D eigenvalue weighted by atomic mass is 16.6. The van der Waals surface area contributed by atoms with E-state index in [4.69, 9.17) is 14.6 Å². The third-order valence-electron chi connectivity index (χ3n) is 7.98. The first-order valence-corrected chi connectivity index (χ1v) is 12.5. The maximum atomic E-state index is 12.3. The Kier molecular flexibility index (Phi) is 5.29. The van der Waals surface area contributed by atoms with Gasteiger partial charge in [-0.05, 0) is 61.3 Å². The number of carbonyl (C=O) groups excluding carboxylic acids is 1. The van der Waals surface area contributed by atoms with Gasteiger partial charge >= 0.3 is 6.09 Å². The highest BCUT2D eigenvalue weighted by Crippen LogP contribution is 2.54. The van der Waals surface area contributed by atoms with Crippen LogP contribution in [0.4, 0.5) is 10.6 Å². The minimum Gasteiger partial charge on any atom is -0.444 e. The fourth-order valence-corrected chi connectivity index (χ4v) is 6.17. The molecular weight excluding hydrogens is 418 g/mol. The average Bonchev–Trinajstić information content (AvgIpc) is 2.93. The molecular formula is C25H41N5O3. The first-order valence-electron chi connectivity index (χ1n) is 12.5. The highest BCUT2D eigenvalue weighted by molar-refractivity contribution is 5.69. The van der Waals surface area contributed by atoms with E-state index in [2.05, 4.69) is 48.2 Å². The summed E-state index contributed by atoms with van der Waals surface area (Å²) < 4.78 is 13.2. The number of hydrogen-bond donors (Lipinski definition) is 0. The third-order valence-corrected chi connectivity index (χ3v) is 7.98. The largest absolute Gasteiger partial charge is 0.444 e. The van der Waals surface area contributed by atoms with Crippen LogP contribution < -0.4 is 4.90 Å². The van der Waals surface area contributed by atoms with Crippen LogP contribution in [0.2, 0.25) is 0 Å². The molecule has 5 rings (SSSR count). The van der Waals surface area contributed by atoms with Crippen LogP contribution in [0.5, 0.6) is 0 Å². The Bertz CT molecular complexity index is 902. The first kappa shape index (κ1) is 23.0. The lowest BCUT2D eigenvalue weighted by molar-refractivity contribution is -0.0932. The molecule has 1 amide bonds. The molecule has 1 aliphatic carbocycles. The van der Waals surface area contributed by atoms with Gasteiger partial charge in [0.1, 0.15) is 5.60 Å². The van der Waals surface area contributed by atoms with Crippen molar-refractivity contribution in [2.75, 3.05) is 44.3 Å². The second-order valence-electron chi connectivity index (χ2n) is 12.6. The Morgan fingerprint density at radius 3 is 2.39 bits per heavy atom. The predicted octanol–water partition coefficient (Wildman–Crippen LogP) is 3.45. The van der Waals surface area contributed by atoms with Gasteiger partial charge in [0.25, 0.3) is 0 Å². The smallest absolute Gasteiger partial charge is 0.410 e. The van der Waals surface area contributed by atoms with E-state index >= 15 is 0 Å². The Morgan fingerprint density at radius 1 is 1.15 bits per heavy atom. The van der Waals surface area contributed by atoms with E-state index in [1.807, 2.05) is 25.7 Å². The topological polar surface area (TPSA) is 63.1 Å². The number of ether oxygens (including phenoxy) is 2. The van der Waals surface area contributed by atoms with Gasteiger partial charge in [-0.1, -0.05) is 0 Å². The zero-order valence-corrected chi connectivity index (χ0v) is 21.4. The molecule has 0 bridgehead atoms. The van der Waals surface area contributed by atoms with Crippen LogP contribution in [0, 0.1) is 12.3 Å². The second-order valence-corrected chi connectivity index (χ2v) is 12.6. The van der Waals surface area contributed by atoms with Crippen molar-refractivity contribution in [2.45, 2.75) is 90.6 Å². The summed E-state index contributed by atoms with van der Waals surface area (Å²) in [6.07, 6.45) is 1.99. The van der Waals surface area contributed by atoms with Crippen LogP contribution in [-0.4, -0.2) is 88.3 Å². The molecule has 0 N–H and O–H groups in total. The number of anilines is 1. The molecule has 0 radical (unpaired) electrons. The molecule has 3 saturated heterocycles. The summed E-state index contributed by atoms with van der Waals surface area (Å²) in [6, 6.07) is 3.73. The van der Waals surface area contributed by atoms with Gasteiger partial charge in [-0.2, -0.15) is 5.10 Å². The Hall–Kier alpha value is -1.80. The van der Waals surface area contributed by atoms with Crippen LogP contribution in [0.15, 0.2) is 6.07 Å². The predicted molar refractivity (Wildman–Crippen MR) is 128 cm³/mol. The molecule has 184 valence electrons. The van der Waals surface area contributed by atoms with Crippen LogP contribution in [0.3, 0.4) is 0 Å². The molecule has 4 heterocycles. The second kappa shape index (κ2) is 7.60. The number of nitrogens with zero attached hydrogens (tertiary/aromatic N) is 5. The number of aryl methyl sites for hydroxylation is 1. The molecule has 1 saturated carbocycles. The van der Waals surface area contributed by atoms with E-state index in [-0.39, 0.29) is 17.0 Å². The quantitative estimate of drug-likeness (QED) is 0.690. The Morgan fingerprint density at radius 2 is 1.82 bits per heavy atom. The molecule has 3 aliphatic heterocycles. The standard InChI is InChI=1S/C25H41N5O3/c1-17-8-21(29-11-18(2)28(14-24(29,6)7)20-12-32-13-20)26-30(17)19-9-25(10-19)15-27(16-25)22(31)33-23(3,4)5/h8,18-20H,9-16H2,1-7H3/t18-/m0/s1. The van der Waals surface area contributed by atoms with Gasteiger partial charge < -0.3 is 19.3 Å². The molecule has 4 fully saturated rings. The van der Waals surface area contributed by atoms with Crippen molar-refractivity contribution in [3.63, 3.8) is 0 Å². The fraction of sp³-hybridized carbons (Fsp3) is 0.840. The number of aromatic nitrogens is 2. The van der Waals surface area contributed by atoms with Gasteiger partial charge in [-0.15, -0.1) is 0 Å². The van der Waals surface area contributed by atoms with Crippen molar-refractivity contribution in [3.8, 4) is 0 Å². The van der Waals surface area contributed by atoms with Gasteiger partial charge in [0, 0.05) is 54.9 Å². The van der Waals surface area contributed by atoms with Gasteiger partial charge in [0.2, 0.25) is 0 Å². The summed E-state index contributed by atoms with van der Waals surface area (Å²) >= 11 is 0. The fourth-order valence-electron chi connectivity index (χ4n) is 6.17. The van der Waals surface area contributed by atoms with Crippen LogP contribution in [-0.2, 0) is 9.47 Å². The maximum absolute atomic E-state index is 12.3. The molecule has 0 aromatic carbocycles. The van der Waals surface area contributed by atoms with Crippen molar-refractivity contribution >= 4 is 11.9 Å². The number of likely N-dealkylation sites (tertiary alicyclic amines) is 1. The van der Waals surface area contributed by atoms with Crippen molar-refractivity contribution in [3.05, 3.63) is 11.8 Å². The highest BCUT2D eigenvalue weighted by Gasteiger charge is 2.55. The first-order chi connectivity index (χ1) is 15.4. The van der Waals surface area contributed by atoms with Crippen molar-refractivity contribution in [1.82, 2.24) is 19.6 Å². The molecule has 1 atom stereocenters. The van der Waals surface area contributed by atoms with E-state index in [0.29, 0.717) is 18.1 Å². The monoisotopic (exact) mass is 459 g/mol. The van der Waals surface area contributed by atoms with Crippen molar-refractivity contribution in [2.24, 2.45) is 5.41 Å². The van der Waals surface area contributed by atoms with Gasteiger partial charge in [0.15, 0.2) is 5.82 Å². The van der Waals surface area contributed by atoms with E-state index in [1.165, 1.54) is 5.69 Å². The molecule has 1 aromatic rings. The van der Waals surface area contributed by atoms with Crippen molar-refractivity contribution < 1.29 is 14.3 Å². The van der Waals surface area contributed by atoms with Crippen LogP contribution in [0.1, 0.15) is 66.1 Å². The minimum absolute atomic E-state index is 0.0243. The molecule has 33 heavy (non-hydrogen) atoms. The summed E-state index contributed by atoms with van der Waals surface area (Å²) in [5.74, 6) is 1.10. The maximum Gasteiger partial charge on any atom is 0.410 e.